The van der Waals surface area contributed by atoms with E-state index in [9.17, 15) is 14.9 Å². The minimum Gasteiger partial charge on any atom is -0.399 e. The molecule has 0 aromatic heterocycles. The summed E-state index contributed by atoms with van der Waals surface area (Å²) in [5, 5.41) is 13.3. The number of hydrogen-bond donors (Lipinski definition) is 2. The number of amides is 1. The van der Waals surface area contributed by atoms with Gasteiger partial charge in [0, 0.05) is 17.8 Å². The zero-order chi connectivity index (χ0) is 15.2. The van der Waals surface area contributed by atoms with E-state index in [2.05, 4.69) is 5.32 Å². The van der Waals surface area contributed by atoms with Crippen LogP contribution in [0.4, 0.5) is 17.1 Å². The van der Waals surface area contributed by atoms with Crippen LogP contribution in [0.25, 0.3) is 6.08 Å². The highest BCUT2D eigenvalue weighted by Gasteiger charge is 2.13. The summed E-state index contributed by atoms with van der Waals surface area (Å²) in [6.07, 6.45) is 2.91. The van der Waals surface area contributed by atoms with Gasteiger partial charge in [0.15, 0.2) is 0 Å². The maximum Gasteiger partial charge on any atom is 0.292 e. The highest BCUT2D eigenvalue weighted by atomic mass is 16.6. The van der Waals surface area contributed by atoms with Gasteiger partial charge in [0.05, 0.1) is 4.92 Å². The Labute approximate surface area is 121 Å². The average Bonchev–Trinajstić information content (AvgIpc) is 2.47. The number of nitro benzene ring substituents is 1. The Hall–Kier alpha value is -3.15. The number of rotatable bonds is 4. The molecule has 106 valence electrons. The van der Waals surface area contributed by atoms with E-state index >= 15 is 0 Å². The molecule has 0 unspecified atom stereocenters. The summed E-state index contributed by atoms with van der Waals surface area (Å²) < 4.78 is 0. The maximum absolute atomic E-state index is 11.8. The Bertz CT molecular complexity index is 694. The molecule has 21 heavy (non-hydrogen) atoms. The van der Waals surface area contributed by atoms with E-state index < -0.39 is 10.8 Å². The van der Waals surface area contributed by atoms with Crippen molar-refractivity contribution in [3.8, 4) is 0 Å². The topological polar surface area (TPSA) is 98.3 Å². The van der Waals surface area contributed by atoms with Crippen LogP contribution in [-0.4, -0.2) is 10.8 Å². The monoisotopic (exact) mass is 283 g/mol. The summed E-state index contributed by atoms with van der Waals surface area (Å²) in [5.41, 5.74) is 7.02. The van der Waals surface area contributed by atoms with Crippen molar-refractivity contribution < 1.29 is 9.72 Å². The number of nitrogens with zero attached hydrogens (tertiary/aromatic N) is 1. The van der Waals surface area contributed by atoms with Crippen molar-refractivity contribution >= 4 is 29.0 Å². The van der Waals surface area contributed by atoms with Crippen molar-refractivity contribution in [1.82, 2.24) is 0 Å². The van der Waals surface area contributed by atoms with Crippen LogP contribution in [0.2, 0.25) is 0 Å². The lowest BCUT2D eigenvalue weighted by Gasteiger charge is -2.02. The third-order valence-electron chi connectivity index (χ3n) is 2.72. The Balaban J connectivity index is 2.08. The normalized spacial score (nSPS) is 10.5. The van der Waals surface area contributed by atoms with E-state index in [-0.39, 0.29) is 11.4 Å². The fraction of sp³-hybridized carbons (Fsp3) is 0. The molecule has 0 fully saturated rings. The molecule has 0 atom stereocenters. The van der Waals surface area contributed by atoms with Crippen LogP contribution in [0.5, 0.6) is 0 Å². The summed E-state index contributed by atoms with van der Waals surface area (Å²) in [4.78, 5) is 22.1. The zero-order valence-electron chi connectivity index (χ0n) is 11.0. The van der Waals surface area contributed by atoms with Gasteiger partial charge in [0.25, 0.3) is 5.69 Å². The number of hydrogen-bond acceptors (Lipinski definition) is 4. The standard InChI is InChI=1S/C15H13N3O3/c16-12-8-5-11(6-9-12)7-10-15(19)17-13-3-1-2-4-14(13)18(20)21/h1-10H,16H2,(H,17,19)/b10-7+. The lowest BCUT2D eigenvalue weighted by atomic mass is 10.2. The fourth-order valence-corrected chi connectivity index (χ4v) is 1.69. The van der Waals surface area contributed by atoms with Crippen LogP contribution in [0.3, 0.4) is 0 Å². The second-order valence-corrected chi connectivity index (χ2v) is 4.26. The van der Waals surface area contributed by atoms with E-state index in [4.69, 9.17) is 5.73 Å². The van der Waals surface area contributed by atoms with Crippen molar-refractivity contribution in [1.29, 1.82) is 0 Å². The van der Waals surface area contributed by atoms with Crippen molar-refractivity contribution in [3.63, 3.8) is 0 Å². The van der Waals surface area contributed by atoms with Crippen molar-refractivity contribution in [2.24, 2.45) is 0 Å². The number of carbonyl (C=O) groups is 1. The second kappa shape index (κ2) is 6.33. The first kappa shape index (κ1) is 14.3. The second-order valence-electron chi connectivity index (χ2n) is 4.26. The molecule has 1 amide bonds. The van der Waals surface area contributed by atoms with E-state index in [1.807, 2.05) is 0 Å². The maximum atomic E-state index is 11.8. The summed E-state index contributed by atoms with van der Waals surface area (Å²) in [5.74, 6) is -0.443. The number of nitrogens with two attached hydrogens (primary N) is 1. The van der Waals surface area contributed by atoms with E-state index in [1.54, 1.807) is 36.4 Å². The van der Waals surface area contributed by atoms with Gasteiger partial charge in [-0.1, -0.05) is 24.3 Å². The van der Waals surface area contributed by atoms with Crippen LogP contribution in [0.1, 0.15) is 5.56 Å². The van der Waals surface area contributed by atoms with Gasteiger partial charge in [-0.05, 0) is 29.8 Å². The molecular weight excluding hydrogens is 270 g/mol. The fourth-order valence-electron chi connectivity index (χ4n) is 1.69. The highest BCUT2D eigenvalue weighted by molar-refractivity contribution is 6.03. The van der Waals surface area contributed by atoms with Crippen LogP contribution in [0, 0.1) is 10.1 Å². The van der Waals surface area contributed by atoms with Crippen molar-refractivity contribution in [2.75, 3.05) is 11.1 Å². The quantitative estimate of drug-likeness (QED) is 0.390. The molecule has 0 radical (unpaired) electrons. The molecule has 2 aromatic carbocycles. The number of benzene rings is 2. The Kier molecular flexibility index (Phi) is 4.30. The van der Waals surface area contributed by atoms with Gasteiger partial charge in [0.2, 0.25) is 5.91 Å². The smallest absolute Gasteiger partial charge is 0.292 e. The summed E-state index contributed by atoms with van der Waals surface area (Å²) >= 11 is 0. The minimum atomic E-state index is -0.542. The zero-order valence-corrected chi connectivity index (χ0v) is 11.0. The molecular formula is C15H13N3O3. The minimum absolute atomic E-state index is 0.147. The molecule has 3 N–H and O–H groups in total. The summed E-state index contributed by atoms with van der Waals surface area (Å²) in [7, 11) is 0. The SMILES string of the molecule is Nc1ccc(/C=C/C(=O)Nc2ccccc2[N+](=O)[O-])cc1. The van der Waals surface area contributed by atoms with Crippen molar-refractivity contribution in [3.05, 3.63) is 70.3 Å². The van der Waals surface area contributed by atoms with Gasteiger partial charge in [-0.25, -0.2) is 0 Å². The molecule has 6 nitrogen and oxygen atoms in total. The Morgan fingerprint density at radius 3 is 2.48 bits per heavy atom. The molecule has 0 aliphatic rings. The van der Waals surface area contributed by atoms with Crippen LogP contribution >= 0.6 is 0 Å². The van der Waals surface area contributed by atoms with Gasteiger partial charge in [0.1, 0.15) is 5.69 Å². The molecule has 0 bridgehead atoms. The molecule has 0 aliphatic heterocycles. The molecule has 0 heterocycles. The number of para-hydroxylation sites is 2. The summed E-state index contributed by atoms with van der Waals surface area (Å²) in [6.45, 7) is 0. The first-order chi connectivity index (χ1) is 10.1. The molecule has 0 aliphatic carbocycles. The largest absolute Gasteiger partial charge is 0.399 e. The van der Waals surface area contributed by atoms with Crippen molar-refractivity contribution in [2.45, 2.75) is 0 Å². The lowest BCUT2D eigenvalue weighted by molar-refractivity contribution is -0.383. The number of nitrogen functional groups attached to an aromatic ring is 1. The number of nitro groups is 1. The summed E-state index contributed by atoms with van der Waals surface area (Å²) in [6, 6.07) is 12.9. The predicted octanol–water partition coefficient (Wildman–Crippen LogP) is 2.83. The van der Waals surface area contributed by atoms with Gasteiger partial charge < -0.3 is 11.1 Å². The van der Waals surface area contributed by atoms with Gasteiger partial charge in [-0.15, -0.1) is 0 Å². The lowest BCUT2D eigenvalue weighted by Crippen LogP contribution is -2.09. The van der Waals surface area contributed by atoms with Gasteiger partial charge in [-0.3, -0.25) is 14.9 Å². The molecule has 6 heteroatoms. The first-order valence-corrected chi connectivity index (χ1v) is 6.14. The van der Waals surface area contributed by atoms with Gasteiger partial charge >= 0.3 is 0 Å². The first-order valence-electron chi connectivity index (χ1n) is 6.14. The predicted molar refractivity (Wildman–Crippen MR) is 81.6 cm³/mol. The molecule has 2 rings (SSSR count). The molecule has 0 spiro atoms. The van der Waals surface area contributed by atoms with Crippen LogP contribution < -0.4 is 11.1 Å². The molecule has 0 saturated heterocycles. The van der Waals surface area contributed by atoms with E-state index in [0.29, 0.717) is 5.69 Å². The number of anilines is 2. The van der Waals surface area contributed by atoms with Crippen LogP contribution in [-0.2, 0) is 4.79 Å². The van der Waals surface area contributed by atoms with E-state index in [0.717, 1.165) is 5.56 Å². The van der Waals surface area contributed by atoms with E-state index in [1.165, 1.54) is 24.3 Å². The third-order valence-corrected chi connectivity index (χ3v) is 2.72. The average molecular weight is 283 g/mol. The number of nitrogens with one attached hydrogen (secondary N) is 1. The number of carbonyl (C=O) groups excluding carboxylic acids is 1. The molecule has 0 saturated carbocycles. The Morgan fingerprint density at radius 2 is 1.81 bits per heavy atom. The highest BCUT2D eigenvalue weighted by Crippen LogP contribution is 2.23. The Morgan fingerprint density at radius 1 is 1.14 bits per heavy atom. The third kappa shape index (κ3) is 3.90. The van der Waals surface area contributed by atoms with Crippen LogP contribution in [0.15, 0.2) is 54.6 Å². The van der Waals surface area contributed by atoms with Gasteiger partial charge in [-0.2, -0.15) is 0 Å². The molecule has 2 aromatic rings.